The van der Waals surface area contributed by atoms with E-state index in [0.29, 0.717) is 0 Å². The van der Waals surface area contributed by atoms with Gasteiger partial charge in [0, 0.05) is 6.54 Å². The smallest absolute Gasteiger partial charge is 0.0205 e. The molecule has 2 aromatic carbocycles. The average Bonchev–Trinajstić information content (AvgIpc) is 2.49. The van der Waals surface area contributed by atoms with Crippen LogP contribution in [0.2, 0.25) is 0 Å². The first-order valence-corrected chi connectivity index (χ1v) is 7.63. The Morgan fingerprint density at radius 3 is 2.10 bits per heavy atom. The highest BCUT2D eigenvalue weighted by Crippen LogP contribution is 2.10. The summed E-state index contributed by atoms with van der Waals surface area (Å²) in [7, 11) is 0. The van der Waals surface area contributed by atoms with Crippen molar-refractivity contribution in [1.29, 1.82) is 0 Å². The van der Waals surface area contributed by atoms with E-state index in [0.717, 1.165) is 19.0 Å². The Morgan fingerprint density at radius 2 is 1.45 bits per heavy atom. The van der Waals surface area contributed by atoms with Crippen LogP contribution in [0.5, 0.6) is 0 Å². The zero-order valence-electron chi connectivity index (χ0n) is 12.4. The van der Waals surface area contributed by atoms with E-state index in [1.165, 1.54) is 30.4 Å². The summed E-state index contributed by atoms with van der Waals surface area (Å²) >= 11 is 0. The lowest BCUT2D eigenvalue weighted by atomic mass is 10.0. The van der Waals surface area contributed by atoms with Gasteiger partial charge in [0.2, 0.25) is 0 Å². The minimum atomic E-state index is 0.738. The molecule has 0 aliphatic heterocycles. The molecule has 0 fully saturated rings. The second-order valence-corrected chi connectivity index (χ2v) is 5.60. The molecule has 2 rings (SSSR count). The predicted octanol–water partition coefficient (Wildman–Crippen LogP) is 4.44. The predicted molar refractivity (Wildman–Crippen MR) is 86.7 cm³/mol. The molecule has 1 nitrogen and oxygen atoms in total. The van der Waals surface area contributed by atoms with Gasteiger partial charge < -0.3 is 5.32 Å². The minimum absolute atomic E-state index is 0.738. The first kappa shape index (κ1) is 14.8. The van der Waals surface area contributed by atoms with E-state index in [2.05, 4.69) is 72.9 Å². The van der Waals surface area contributed by atoms with Gasteiger partial charge in [-0.15, -0.1) is 0 Å². The van der Waals surface area contributed by atoms with E-state index in [1.807, 2.05) is 0 Å². The van der Waals surface area contributed by atoms with Gasteiger partial charge in [-0.3, -0.25) is 0 Å². The third-order valence-corrected chi connectivity index (χ3v) is 3.67. The van der Waals surface area contributed by atoms with Crippen molar-refractivity contribution < 1.29 is 0 Å². The van der Waals surface area contributed by atoms with Crippen molar-refractivity contribution in [2.45, 2.75) is 32.7 Å². The molecule has 0 saturated heterocycles. The van der Waals surface area contributed by atoms with Crippen molar-refractivity contribution in [3.8, 4) is 0 Å². The highest BCUT2D eigenvalue weighted by Gasteiger charge is 2.02. The second kappa shape index (κ2) is 8.55. The van der Waals surface area contributed by atoms with E-state index in [9.17, 15) is 0 Å². The second-order valence-electron chi connectivity index (χ2n) is 5.60. The van der Waals surface area contributed by atoms with Crippen LogP contribution < -0.4 is 5.32 Å². The molecule has 0 bridgehead atoms. The van der Waals surface area contributed by atoms with Gasteiger partial charge in [-0.25, -0.2) is 0 Å². The molecule has 0 saturated carbocycles. The lowest BCUT2D eigenvalue weighted by Gasteiger charge is -2.12. The largest absolute Gasteiger partial charge is 0.312 e. The van der Waals surface area contributed by atoms with Crippen LogP contribution in [0.15, 0.2) is 60.7 Å². The number of nitrogens with one attached hydrogen (secondary N) is 1. The fraction of sp³-hybridized carbons (Fsp3) is 0.368. The van der Waals surface area contributed by atoms with Crippen LogP contribution >= 0.6 is 0 Å². The minimum Gasteiger partial charge on any atom is -0.312 e. The molecule has 1 heteroatoms. The van der Waals surface area contributed by atoms with Crippen LogP contribution in [0.3, 0.4) is 0 Å². The van der Waals surface area contributed by atoms with Gasteiger partial charge in [-0.05, 0) is 42.9 Å². The molecular weight excluding hydrogens is 242 g/mol. The number of hydrogen-bond donors (Lipinski definition) is 1. The molecule has 0 heterocycles. The number of rotatable bonds is 8. The summed E-state index contributed by atoms with van der Waals surface area (Å²) in [5, 5.41) is 3.55. The zero-order valence-corrected chi connectivity index (χ0v) is 12.4. The van der Waals surface area contributed by atoms with Crippen molar-refractivity contribution in [2.75, 3.05) is 6.54 Å². The van der Waals surface area contributed by atoms with Crippen molar-refractivity contribution in [3.05, 3.63) is 71.8 Å². The van der Waals surface area contributed by atoms with Crippen molar-refractivity contribution in [3.63, 3.8) is 0 Å². The summed E-state index contributed by atoms with van der Waals surface area (Å²) in [4.78, 5) is 0. The van der Waals surface area contributed by atoms with Crippen molar-refractivity contribution in [1.82, 2.24) is 5.32 Å². The standard InChI is InChI=1S/C19H25N/c1-17(9-8-14-18-10-4-2-5-11-18)15-20-16-19-12-6-3-7-13-19/h2-7,10-13,17,20H,8-9,14-16H2,1H3. The Morgan fingerprint density at radius 1 is 0.850 bits per heavy atom. The molecule has 0 aliphatic rings. The van der Waals surface area contributed by atoms with Gasteiger partial charge in [0.1, 0.15) is 0 Å². The van der Waals surface area contributed by atoms with E-state index in [4.69, 9.17) is 0 Å². The maximum Gasteiger partial charge on any atom is 0.0205 e. The monoisotopic (exact) mass is 267 g/mol. The molecule has 20 heavy (non-hydrogen) atoms. The molecule has 1 N–H and O–H groups in total. The van der Waals surface area contributed by atoms with Gasteiger partial charge in [-0.1, -0.05) is 67.6 Å². The number of hydrogen-bond acceptors (Lipinski definition) is 1. The van der Waals surface area contributed by atoms with Gasteiger partial charge in [-0.2, -0.15) is 0 Å². The van der Waals surface area contributed by atoms with E-state index in [-0.39, 0.29) is 0 Å². The van der Waals surface area contributed by atoms with Crippen molar-refractivity contribution >= 4 is 0 Å². The summed E-state index contributed by atoms with van der Waals surface area (Å²) in [6, 6.07) is 21.4. The molecule has 2 aromatic rings. The molecule has 0 aromatic heterocycles. The summed E-state index contributed by atoms with van der Waals surface area (Å²) in [5.74, 6) is 0.738. The quantitative estimate of drug-likeness (QED) is 0.746. The summed E-state index contributed by atoms with van der Waals surface area (Å²) in [6.07, 6.45) is 3.76. The molecule has 1 unspecified atom stereocenters. The molecule has 0 spiro atoms. The first-order chi connectivity index (χ1) is 9.84. The zero-order chi connectivity index (χ0) is 14.0. The topological polar surface area (TPSA) is 12.0 Å². The SMILES string of the molecule is CC(CCCc1ccccc1)CNCc1ccccc1. The molecule has 0 radical (unpaired) electrons. The summed E-state index contributed by atoms with van der Waals surface area (Å²) in [6.45, 7) is 4.41. The highest BCUT2D eigenvalue weighted by molar-refractivity contribution is 5.15. The Bertz CT molecular complexity index is 418. The fourth-order valence-corrected chi connectivity index (χ4v) is 2.46. The third kappa shape index (κ3) is 5.58. The van der Waals surface area contributed by atoms with Gasteiger partial charge >= 0.3 is 0 Å². The molecule has 106 valence electrons. The molecule has 1 atom stereocenters. The average molecular weight is 267 g/mol. The lowest BCUT2D eigenvalue weighted by molar-refractivity contribution is 0.466. The first-order valence-electron chi connectivity index (χ1n) is 7.63. The lowest BCUT2D eigenvalue weighted by Crippen LogP contribution is -2.20. The van der Waals surface area contributed by atoms with E-state index >= 15 is 0 Å². The number of benzene rings is 2. The molecular formula is C19H25N. The Kier molecular flexibility index (Phi) is 6.33. The normalized spacial score (nSPS) is 12.2. The maximum atomic E-state index is 3.55. The van der Waals surface area contributed by atoms with Gasteiger partial charge in [0.25, 0.3) is 0 Å². The van der Waals surface area contributed by atoms with Crippen LogP contribution in [0, 0.1) is 5.92 Å². The Labute approximate surface area is 123 Å². The van der Waals surface area contributed by atoms with Gasteiger partial charge in [0.05, 0.1) is 0 Å². The number of aryl methyl sites for hydroxylation is 1. The van der Waals surface area contributed by atoms with Crippen LogP contribution in [0.4, 0.5) is 0 Å². The molecule has 0 amide bonds. The van der Waals surface area contributed by atoms with Crippen LogP contribution in [-0.2, 0) is 13.0 Å². The van der Waals surface area contributed by atoms with Crippen LogP contribution in [-0.4, -0.2) is 6.54 Å². The fourth-order valence-electron chi connectivity index (χ4n) is 2.46. The summed E-state index contributed by atoms with van der Waals surface area (Å²) < 4.78 is 0. The highest BCUT2D eigenvalue weighted by atomic mass is 14.8. The van der Waals surface area contributed by atoms with Crippen LogP contribution in [0.25, 0.3) is 0 Å². The Hall–Kier alpha value is -1.60. The summed E-state index contributed by atoms with van der Waals surface area (Å²) in [5.41, 5.74) is 2.82. The van der Waals surface area contributed by atoms with Crippen LogP contribution in [0.1, 0.15) is 30.9 Å². The maximum absolute atomic E-state index is 3.55. The molecule has 0 aliphatic carbocycles. The van der Waals surface area contributed by atoms with E-state index in [1.54, 1.807) is 0 Å². The van der Waals surface area contributed by atoms with Crippen molar-refractivity contribution in [2.24, 2.45) is 5.92 Å². The Balaban J connectivity index is 1.58. The third-order valence-electron chi connectivity index (χ3n) is 3.67. The van der Waals surface area contributed by atoms with Gasteiger partial charge in [0.15, 0.2) is 0 Å². The van der Waals surface area contributed by atoms with E-state index < -0.39 is 0 Å².